The summed E-state index contributed by atoms with van der Waals surface area (Å²) in [5, 5.41) is 0.774. The first-order valence-electron chi connectivity index (χ1n) is 7.34. The summed E-state index contributed by atoms with van der Waals surface area (Å²) in [6, 6.07) is 16.6. The summed E-state index contributed by atoms with van der Waals surface area (Å²) < 4.78 is 1.11. The van der Waals surface area contributed by atoms with Crippen LogP contribution in [0.5, 0.6) is 0 Å². The third-order valence-corrected chi connectivity index (χ3v) is 5.26. The number of benzene rings is 2. The highest BCUT2D eigenvalue weighted by Crippen LogP contribution is 2.38. The number of rotatable bonds is 2. The van der Waals surface area contributed by atoms with E-state index in [2.05, 4.69) is 90.5 Å². The van der Waals surface area contributed by atoms with E-state index in [0.717, 1.165) is 9.50 Å². The van der Waals surface area contributed by atoms with Gasteiger partial charge in [-0.3, -0.25) is 0 Å². The Kier molecular flexibility index (Phi) is 4.05. The Balaban J connectivity index is 1.92. The van der Waals surface area contributed by atoms with E-state index in [1.807, 2.05) is 12.1 Å². The molecule has 1 aliphatic carbocycles. The summed E-state index contributed by atoms with van der Waals surface area (Å²) >= 11 is 9.49. The van der Waals surface area contributed by atoms with E-state index in [0.29, 0.717) is 0 Å². The van der Waals surface area contributed by atoms with Gasteiger partial charge in [-0.2, -0.15) is 0 Å². The van der Waals surface area contributed by atoms with Crippen molar-refractivity contribution in [3.05, 3.63) is 93.5 Å². The molecule has 0 bridgehead atoms. The van der Waals surface area contributed by atoms with Crippen molar-refractivity contribution in [3.8, 4) is 0 Å². The Morgan fingerprint density at radius 1 is 0.682 bits per heavy atom. The first-order valence-corrected chi connectivity index (χ1v) is 8.51. The molecule has 2 aromatic carbocycles. The molecule has 0 saturated heterocycles. The molecule has 3 rings (SSSR count). The van der Waals surface area contributed by atoms with Crippen molar-refractivity contribution < 1.29 is 0 Å². The highest BCUT2D eigenvalue weighted by molar-refractivity contribution is 9.10. The van der Waals surface area contributed by atoms with Gasteiger partial charge in [0.1, 0.15) is 0 Å². The maximum absolute atomic E-state index is 5.99. The van der Waals surface area contributed by atoms with Crippen molar-refractivity contribution in [2.24, 2.45) is 0 Å². The van der Waals surface area contributed by atoms with E-state index >= 15 is 0 Å². The average Bonchev–Trinajstić information content (AvgIpc) is 2.52. The summed E-state index contributed by atoms with van der Waals surface area (Å²) in [4.78, 5) is 0. The maximum atomic E-state index is 5.99. The fourth-order valence-corrected chi connectivity index (χ4v) is 3.20. The van der Waals surface area contributed by atoms with Crippen molar-refractivity contribution in [2.45, 2.75) is 24.7 Å². The molecule has 0 radical (unpaired) electrons. The van der Waals surface area contributed by atoms with E-state index in [1.54, 1.807) is 0 Å². The normalized spacial score (nSPS) is 27.1. The Morgan fingerprint density at radius 2 is 1.05 bits per heavy atom. The SMILES string of the molecule is CC1(c2ccc(Cl)cc2)C=CC(C)(c2ccc(Br)cc2)C=C1. The fourth-order valence-electron chi connectivity index (χ4n) is 2.81. The third-order valence-electron chi connectivity index (χ3n) is 4.48. The second-order valence-corrected chi connectivity index (χ2v) is 7.60. The third kappa shape index (κ3) is 2.93. The molecule has 22 heavy (non-hydrogen) atoms. The molecule has 0 saturated carbocycles. The largest absolute Gasteiger partial charge is 0.0843 e. The van der Waals surface area contributed by atoms with Gasteiger partial charge in [0.05, 0.1) is 0 Å². The van der Waals surface area contributed by atoms with Crippen molar-refractivity contribution in [1.29, 1.82) is 0 Å². The van der Waals surface area contributed by atoms with E-state index in [1.165, 1.54) is 11.1 Å². The van der Waals surface area contributed by atoms with Gasteiger partial charge in [-0.05, 0) is 49.2 Å². The van der Waals surface area contributed by atoms with Crippen LogP contribution in [0.3, 0.4) is 0 Å². The molecule has 0 spiro atoms. The summed E-state index contributed by atoms with van der Waals surface area (Å²) in [7, 11) is 0. The number of hydrogen-bond donors (Lipinski definition) is 0. The Hall–Kier alpha value is -1.31. The van der Waals surface area contributed by atoms with E-state index in [4.69, 9.17) is 11.6 Å². The van der Waals surface area contributed by atoms with E-state index in [-0.39, 0.29) is 10.8 Å². The molecule has 112 valence electrons. The lowest BCUT2D eigenvalue weighted by molar-refractivity contribution is 0.664. The lowest BCUT2D eigenvalue weighted by Gasteiger charge is -2.33. The second kappa shape index (κ2) is 5.72. The molecule has 0 fully saturated rings. The van der Waals surface area contributed by atoms with Gasteiger partial charge >= 0.3 is 0 Å². The second-order valence-electron chi connectivity index (χ2n) is 6.25. The first-order chi connectivity index (χ1) is 10.4. The van der Waals surface area contributed by atoms with Crippen LogP contribution >= 0.6 is 27.5 Å². The first kappa shape index (κ1) is 15.6. The van der Waals surface area contributed by atoms with Crippen LogP contribution in [0.15, 0.2) is 77.3 Å². The van der Waals surface area contributed by atoms with Crippen LogP contribution in [0.2, 0.25) is 5.02 Å². The van der Waals surface area contributed by atoms with Gasteiger partial charge in [0.15, 0.2) is 0 Å². The van der Waals surface area contributed by atoms with Crippen molar-refractivity contribution in [3.63, 3.8) is 0 Å². The minimum absolute atomic E-state index is 0.0629. The van der Waals surface area contributed by atoms with Crippen LogP contribution in [0.1, 0.15) is 25.0 Å². The molecule has 1 aliphatic rings. The average molecular weight is 374 g/mol. The van der Waals surface area contributed by atoms with E-state index in [9.17, 15) is 0 Å². The predicted molar refractivity (Wildman–Crippen MR) is 98.6 cm³/mol. The van der Waals surface area contributed by atoms with Crippen molar-refractivity contribution >= 4 is 27.5 Å². The Bertz CT molecular complexity index is 646. The standard InChI is InChI=1S/C20H18BrCl/c1-19(15-3-7-17(21)8-4-15)11-13-20(2,14-12-19)16-5-9-18(22)10-6-16/h3-14H,1-2H3. The topological polar surface area (TPSA) is 0 Å². The molecule has 2 aromatic rings. The van der Waals surface area contributed by atoms with Gasteiger partial charge in [0, 0.05) is 20.3 Å². The molecule has 0 heterocycles. The van der Waals surface area contributed by atoms with Crippen LogP contribution in [-0.4, -0.2) is 0 Å². The minimum atomic E-state index is -0.0839. The molecule has 0 amide bonds. The van der Waals surface area contributed by atoms with Gasteiger partial charge in [0.2, 0.25) is 0 Å². The summed E-state index contributed by atoms with van der Waals surface area (Å²) in [6.45, 7) is 4.47. The molecule has 0 aliphatic heterocycles. The van der Waals surface area contributed by atoms with Gasteiger partial charge in [-0.15, -0.1) is 0 Å². The summed E-state index contributed by atoms with van der Waals surface area (Å²) in [6.07, 6.45) is 9.17. The Labute approximate surface area is 145 Å². The zero-order valence-electron chi connectivity index (χ0n) is 12.7. The van der Waals surface area contributed by atoms with Crippen LogP contribution in [0.25, 0.3) is 0 Å². The molecule has 0 unspecified atom stereocenters. The molecule has 0 nitrogen and oxygen atoms in total. The van der Waals surface area contributed by atoms with Crippen LogP contribution < -0.4 is 0 Å². The smallest absolute Gasteiger partial charge is 0.0406 e. The van der Waals surface area contributed by atoms with Crippen molar-refractivity contribution in [2.75, 3.05) is 0 Å². The van der Waals surface area contributed by atoms with Crippen LogP contribution in [0.4, 0.5) is 0 Å². The minimum Gasteiger partial charge on any atom is -0.0843 e. The lowest BCUT2D eigenvalue weighted by atomic mass is 9.71. The number of hydrogen-bond acceptors (Lipinski definition) is 0. The quantitative estimate of drug-likeness (QED) is 0.531. The molecule has 2 heteroatoms. The summed E-state index contributed by atoms with van der Waals surface area (Å²) in [5.74, 6) is 0. The maximum Gasteiger partial charge on any atom is 0.0406 e. The lowest BCUT2D eigenvalue weighted by Crippen LogP contribution is -2.26. The highest BCUT2D eigenvalue weighted by atomic mass is 79.9. The van der Waals surface area contributed by atoms with Crippen molar-refractivity contribution in [1.82, 2.24) is 0 Å². The fraction of sp³-hybridized carbons (Fsp3) is 0.200. The molecule has 0 N–H and O–H groups in total. The van der Waals surface area contributed by atoms with Gasteiger partial charge < -0.3 is 0 Å². The number of allylic oxidation sites excluding steroid dienone is 4. The van der Waals surface area contributed by atoms with E-state index < -0.39 is 0 Å². The van der Waals surface area contributed by atoms with Gasteiger partial charge in [-0.1, -0.05) is 76.1 Å². The van der Waals surface area contributed by atoms with Gasteiger partial charge in [0.25, 0.3) is 0 Å². The zero-order chi connectivity index (χ0) is 15.8. The molecular weight excluding hydrogens is 356 g/mol. The molecular formula is C20H18BrCl. The Morgan fingerprint density at radius 3 is 1.45 bits per heavy atom. The summed E-state index contributed by atoms with van der Waals surface area (Å²) in [5.41, 5.74) is 2.40. The van der Waals surface area contributed by atoms with Gasteiger partial charge in [-0.25, -0.2) is 0 Å². The molecule has 0 aromatic heterocycles. The van der Waals surface area contributed by atoms with Crippen LogP contribution in [-0.2, 0) is 10.8 Å². The monoisotopic (exact) mass is 372 g/mol. The van der Waals surface area contributed by atoms with Crippen LogP contribution in [0, 0.1) is 0 Å². The number of halogens is 2. The molecule has 0 atom stereocenters. The highest BCUT2D eigenvalue weighted by Gasteiger charge is 2.30. The zero-order valence-corrected chi connectivity index (χ0v) is 15.0. The predicted octanol–water partition coefficient (Wildman–Crippen LogP) is 6.44.